The van der Waals surface area contributed by atoms with Crippen LogP contribution < -0.4 is 0 Å². The SMILES string of the molecule is [2H]c1nc(-c2[c-]c(-c3cccc4c3nc(-c3cc(C)cc(C)c3O)n4-c3ccc(CC(C)C)cc3-c3ccccc3)cc(C(C)(C)C)c2)c([2H])c(-c2c([2H])c([2H])c(C(C([2H])([2H])[2H])(C([2H])([2H])[2H])C([2H])([2H])[2H])c([2H])c2[2H])c1[2H].[Pt]. The van der Waals surface area contributed by atoms with E-state index in [1.54, 1.807) is 6.07 Å². The van der Waals surface area contributed by atoms with Crippen molar-refractivity contribution >= 4 is 11.0 Å². The number of fused-ring (bicyclic) bond motifs is 1. The number of aryl methyl sites for hydroxylation is 2. The van der Waals surface area contributed by atoms with Crippen LogP contribution in [0.1, 0.15) is 105 Å². The normalized spacial score (nSPS) is 16.3. The van der Waals surface area contributed by atoms with Gasteiger partial charge in [0.15, 0.2) is 0 Å². The quantitative estimate of drug-likeness (QED) is 0.154. The second-order valence-corrected chi connectivity index (χ2v) is 16.9. The molecule has 0 spiro atoms. The van der Waals surface area contributed by atoms with Gasteiger partial charge in [-0.2, -0.15) is 0 Å². The summed E-state index contributed by atoms with van der Waals surface area (Å²) >= 11 is 0. The van der Waals surface area contributed by atoms with Crippen molar-refractivity contribution in [2.45, 2.75) is 86.3 Å². The minimum atomic E-state index is -3.92. The van der Waals surface area contributed by atoms with Gasteiger partial charge in [0.2, 0.25) is 0 Å². The first kappa shape index (κ1) is 27.4. The van der Waals surface area contributed by atoms with Crippen LogP contribution in [-0.4, -0.2) is 19.6 Å². The third-order valence-corrected chi connectivity index (χ3v) is 10.5. The van der Waals surface area contributed by atoms with Crippen molar-refractivity contribution in [3.63, 3.8) is 0 Å². The first-order valence-corrected chi connectivity index (χ1v) is 19.9. The summed E-state index contributed by atoms with van der Waals surface area (Å²) in [6.07, 6.45) is 0.0986. The Bertz CT molecular complexity index is 3550. The van der Waals surface area contributed by atoms with E-state index in [0.29, 0.717) is 50.6 Å². The Morgan fingerprint density at radius 3 is 2.18 bits per heavy atom. The van der Waals surface area contributed by atoms with E-state index in [-0.39, 0.29) is 38.1 Å². The molecule has 2 heterocycles. The van der Waals surface area contributed by atoms with Crippen molar-refractivity contribution in [2.24, 2.45) is 5.92 Å². The predicted molar refractivity (Wildman–Crippen MR) is 252 cm³/mol. The van der Waals surface area contributed by atoms with Gasteiger partial charge in [-0.25, -0.2) is 4.98 Å². The second kappa shape index (κ2) is 17.1. The molecule has 0 bridgehead atoms. The van der Waals surface area contributed by atoms with Crippen LogP contribution in [0.2, 0.25) is 0 Å². The van der Waals surface area contributed by atoms with E-state index in [9.17, 15) is 6.48 Å². The van der Waals surface area contributed by atoms with E-state index >= 15 is 0 Å². The average molecular weight is 998 g/mol. The zero-order chi connectivity index (χ0) is 56.1. The molecule has 8 rings (SSSR count). The van der Waals surface area contributed by atoms with Crippen LogP contribution in [0, 0.1) is 25.8 Å². The standard InChI is InChI=1S/C56H56N3O.Pt/c1-35(2)27-38-19-24-50(47(30-38)40-15-12-11-13-16-40)59-51-18-14-17-46(52(51)58-54(59)48-29-36(3)28-37(4)53(48)60)42-31-43(33-45(32-42)56(8,9)10)49-34-41(25-26-57-49)39-20-22-44(23-21-39)55(5,6)7;/h11-26,28-30,32-35,60H,27H2,1-10H3;/q-1;/i5D3,6D3,7D3,20D,21D,22D,23D,25D,26D,34D;. The van der Waals surface area contributed by atoms with Crippen LogP contribution in [0.15, 0.2) is 133 Å². The zero-order valence-corrected chi connectivity index (χ0v) is 37.3. The Balaban J connectivity index is 0.00000861. The Labute approximate surface area is 399 Å². The molecule has 0 saturated carbocycles. The number of hydrogen-bond acceptors (Lipinski definition) is 3. The monoisotopic (exact) mass is 998 g/mol. The van der Waals surface area contributed by atoms with E-state index in [4.69, 9.17) is 25.5 Å². The molecule has 1 N–H and O–H groups in total. The summed E-state index contributed by atoms with van der Waals surface area (Å²) in [7, 11) is 0. The van der Waals surface area contributed by atoms with Gasteiger partial charge in [0.1, 0.15) is 11.6 Å². The summed E-state index contributed by atoms with van der Waals surface area (Å²) in [5.74, 6) is 0.901. The van der Waals surface area contributed by atoms with Crippen molar-refractivity contribution in [1.29, 1.82) is 0 Å². The number of benzene rings is 6. The number of hydrogen-bond donors (Lipinski definition) is 1. The van der Waals surface area contributed by atoms with Crippen LogP contribution in [0.25, 0.3) is 72.7 Å². The van der Waals surface area contributed by atoms with Gasteiger partial charge < -0.3 is 5.11 Å². The molecule has 8 aromatic rings. The first-order valence-electron chi connectivity index (χ1n) is 27.9. The molecule has 4 nitrogen and oxygen atoms in total. The first-order chi connectivity index (χ1) is 35.2. The summed E-state index contributed by atoms with van der Waals surface area (Å²) in [5, 5.41) is 11.8. The molecular weight excluding hydrogens is 926 g/mol. The van der Waals surface area contributed by atoms with Crippen molar-refractivity contribution < 1.29 is 48.1 Å². The second-order valence-electron chi connectivity index (χ2n) is 16.9. The summed E-state index contributed by atoms with van der Waals surface area (Å²) in [4.78, 5) is 9.74. The zero-order valence-electron chi connectivity index (χ0n) is 51.0. The molecule has 0 saturated heterocycles. The van der Waals surface area contributed by atoms with Crippen LogP contribution in [-0.2, 0) is 38.3 Å². The van der Waals surface area contributed by atoms with Crippen LogP contribution in [0.3, 0.4) is 0 Å². The third-order valence-electron chi connectivity index (χ3n) is 10.5. The van der Waals surface area contributed by atoms with Gasteiger partial charge in [0, 0.05) is 50.8 Å². The van der Waals surface area contributed by atoms with Gasteiger partial charge >= 0.3 is 0 Å². The molecule has 312 valence electrons. The minimum absolute atomic E-state index is 0. The molecule has 0 amide bonds. The molecule has 0 aliphatic heterocycles. The van der Waals surface area contributed by atoms with Gasteiger partial charge in [-0.1, -0.05) is 151 Å². The van der Waals surface area contributed by atoms with Gasteiger partial charge in [0.25, 0.3) is 0 Å². The number of pyridine rings is 1. The fraction of sp³-hybridized carbons (Fsp3) is 0.250. The minimum Gasteiger partial charge on any atom is -0.507 e. The van der Waals surface area contributed by atoms with Gasteiger partial charge in [-0.3, -0.25) is 9.55 Å². The number of phenols is 1. The van der Waals surface area contributed by atoms with E-state index in [2.05, 4.69) is 55.2 Å². The predicted octanol–water partition coefficient (Wildman–Crippen LogP) is 14.7. The third kappa shape index (κ3) is 8.93. The number of rotatable bonds is 8. The molecule has 2 aromatic heterocycles. The number of nitrogens with zero attached hydrogens (tertiary/aromatic N) is 3. The summed E-state index contributed by atoms with van der Waals surface area (Å²) < 4.78 is 140. The summed E-state index contributed by atoms with van der Waals surface area (Å²) in [6, 6.07) is 26.6. The van der Waals surface area contributed by atoms with Crippen LogP contribution in [0.5, 0.6) is 5.75 Å². The van der Waals surface area contributed by atoms with Crippen LogP contribution in [0.4, 0.5) is 0 Å². The number of aromatic nitrogens is 3. The molecule has 0 atom stereocenters. The van der Waals surface area contributed by atoms with E-state index in [1.807, 2.05) is 93.8 Å². The molecule has 0 fully saturated rings. The Morgan fingerprint density at radius 1 is 0.738 bits per heavy atom. The largest absolute Gasteiger partial charge is 0.507 e. The molecule has 61 heavy (non-hydrogen) atoms. The smallest absolute Gasteiger partial charge is 0.148 e. The molecule has 5 heteroatoms. The van der Waals surface area contributed by atoms with Crippen molar-refractivity contribution in [2.75, 3.05) is 0 Å². The average Bonchev–Trinajstić information content (AvgIpc) is 3.71. The number of phenolic OH excluding ortho intramolecular Hbond substituents is 1. The Hall–Kier alpha value is -5.57. The molecule has 0 unspecified atom stereocenters. The maximum atomic E-state index is 11.8. The molecular formula is C56H56N3OPt-. The van der Waals surface area contributed by atoms with Gasteiger partial charge in [0.05, 0.1) is 31.9 Å². The van der Waals surface area contributed by atoms with Gasteiger partial charge in [-0.05, 0) is 106 Å². The van der Waals surface area contributed by atoms with Gasteiger partial charge in [-0.15, -0.1) is 29.3 Å². The molecule has 6 aromatic carbocycles. The van der Waals surface area contributed by atoms with Crippen LogP contribution >= 0.6 is 0 Å². The fourth-order valence-electron chi connectivity index (χ4n) is 7.57. The maximum Gasteiger partial charge on any atom is 0.148 e. The Morgan fingerprint density at radius 2 is 1.48 bits per heavy atom. The molecule has 0 aliphatic rings. The fourth-order valence-corrected chi connectivity index (χ4v) is 7.57. The van der Waals surface area contributed by atoms with E-state index < -0.39 is 90.5 Å². The number of aromatic hydroxyl groups is 1. The van der Waals surface area contributed by atoms with Crippen molar-refractivity contribution in [3.8, 4) is 67.5 Å². The maximum absolute atomic E-state index is 11.8. The molecule has 0 aliphatic carbocycles. The number of imidazole rings is 1. The van der Waals surface area contributed by atoms with E-state index in [0.717, 1.165) is 34.4 Å². The Kier molecular flexibility index (Phi) is 7.66. The van der Waals surface area contributed by atoms with E-state index in [1.165, 1.54) is 0 Å². The summed E-state index contributed by atoms with van der Waals surface area (Å²) in [6.45, 7) is 2.25. The summed E-state index contributed by atoms with van der Waals surface area (Å²) in [5.41, 5.74) is 1.48. The topological polar surface area (TPSA) is 50.9 Å². The molecule has 0 radical (unpaired) electrons. The van der Waals surface area contributed by atoms with Crippen molar-refractivity contribution in [3.05, 3.63) is 167 Å². The van der Waals surface area contributed by atoms with Crippen molar-refractivity contribution in [1.82, 2.24) is 14.5 Å². The number of para-hydroxylation sites is 1.